The van der Waals surface area contributed by atoms with E-state index in [9.17, 15) is 14.4 Å². The third-order valence-corrected chi connectivity index (χ3v) is 5.66. The fourth-order valence-electron chi connectivity index (χ4n) is 2.86. The lowest BCUT2D eigenvalue weighted by molar-refractivity contribution is -0.118. The summed E-state index contributed by atoms with van der Waals surface area (Å²) in [6.45, 7) is 1.37. The molecule has 2 amide bonds. The van der Waals surface area contributed by atoms with E-state index in [0.717, 1.165) is 11.3 Å². The van der Waals surface area contributed by atoms with Gasteiger partial charge in [-0.3, -0.25) is 9.59 Å². The maximum atomic E-state index is 12.8. The minimum absolute atomic E-state index is 0.130. The summed E-state index contributed by atoms with van der Waals surface area (Å²) in [5.41, 5.74) is 1.10. The summed E-state index contributed by atoms with van der Waals surface area (Å²) in [5.74, 6) is -0.337. The molecule has 0 atom stereocenters. The van der Waals surface area contributed by atoms with Gasteiger partial charge in [0.05, 0.1) is 24.7 Å². The molecule has 166 valence electrons. The average Bonchev–Trinajstić information content (AvgIpc) is 3.14. The van der Waals surface area contributed by atoms with Gasteiger partial charge >= 0.3 is 5.97 Å². The zero-order chi connectivity index (χ0) is 23.1. The first-order valence-corrected chi connectivity index (χ1v) is 10.4. The van der Waals surface area contributed by atoms with Gasteiger partial charge in [0.25, 0.3) is 11.8 Å². The number of benzene rings is 2. The Hall–Kier alpha value is -3.85. The van der Waals surface area contributed by atoms with Gasteiger partial charge in [0.2, 0.25) is 0 Å². The van der Waals surface area contributed by atoms with Gasteiger partial charge in [-0.1, -0.05) is 18.2 Å². The topological polar surface area (TPSA) is 103 Å². The summed E-state index contributed by atoms with van der Waals surface area (Å²) in [6.07, 6.45) is 0. The number of rotatable bonds is 8. The Morgan fingerprint density at radius 3 is 2.22 bits per heavy atom. The molecule has 3 rings (SSSR count). The van der Waals surface area contributed by atoms with Crippen molar-refractivity contribution < 1.29 is 28.6 Å². The van der Waals surface area contributed by atoms with Crippen molar-refractivity contribution in [1.29, 1.82) is 0 Å². The predicted octanol–water partition coefficient (Wildman–Crippen LogP) is 4.12. The van der Waals surface area contributed by atoms with Crippen molar-refractivity contribution in [2.24, 2.45) is 0 Å². The fraction of sp³-hybridized carbons (Fsp3) is 0.174. The van der Waals surface area contributed by atoms with E-state index >= 15 is 0 Å². The first-order valence-electron chi connectivity index (χ1n) is 9.57. The van der Waals surface area contributed by atoms with E-state index in [0.29, 0.717) is 22.7 Å². The van der Waals surface area contributed by atoms with Crippen LogP contribution in [0.4, 0.5) is 10.7 Å². The molecule has 0 unspecified atom stereocenters. The highest BCUT2D eigenvalue weighted by Crippen LogP contribution is 2.34. The minimum Gasteiger partial charge on any atom is -0.497 e. The van der Waals surface area contributed by atoms with Crippen LogP contribution < -0.4 is 20.1 Å². The Bertz CT molecular complexity index is 1110. The van der Waals surface area contributed by atoms with Crippen LogP contribution in [0.15, 0.2) is 54.6 Å². The van der Waals surface area contributed by atoms with Crippen molar-refractivity contribution in [3.8, 4) is 11.5 Å². The number of hydrogen-bond acceptors (Lipinski definition) is 7. The molecule has 2 aromatic carbocycles. The van der Waals surface area contributed by atoms with E-state index in [2.05, 4.69) is 10.6 Å². The number of thiophene rings is 1. The van der Waals surface area contributed by atoms with Crippen LogP contribution >= 0.6 is 11.3 Å². The highest BCUT2D eigenvalue weighted by molar-refractivity contribution is 7.18. The van der Waals surface area contributed by atoms with Crippen LogP contribution in [0.25, 0.3) is 0 Å². The van der Waals surface area contributed by atoms with Crippen molar-refractivity contribution in [2.75, 3.05) is 31.5 Å². The lowest BCUT2D eigenvalue weighted by Crippen LogP contribution is -2.21. The molecule has 0 bridgehead atoms. The van der Waals surface area contributed by atoms with E-state index < -0.39 is 17.8 Å². The zero-order valence-electron chi connectivity index (χ0n) is 17.8. The summed E-state index contributed by atoms with van der Waals surface area (Å²) in [6, 6.07) is 15.7. The summed E-state index contributed by atoms with van der Waals surface area (Å²) in [7, 11) is 2.79. The highest BCUT2D eigenvalue weighted by atomic mass is 32.1. The summed E-state index contributed by atoms with van der Waals surface area (Å²) in [5, 5.41) is 5.64. The standard InChI is InChI=1S/C23H22N2O6S/c1-14-19(23(28)30-3)22(25-18(26)13-31-17-7-5-4-6-8-17)32-20(14)21(27)24-15-9-11-16(29-2)12-10-15/h4-12H,13H2,1-3H3,(H,24,27)(H,25,26). The Morgan fingerprint density at radius 2 is 1.59 bits per heavy atom. The Kier molecular flexibility index (Phi) is 7.45. The minimum atomic E-state index is -0.651. The molecular formula is C23H22N2O6S. The zero-order valence-corrected chi connectivity index (χ0v) is 18.6. The van der Waals surface area contributed by atoms with Gasteiger partial charge in [-0.25, -0.2) is 4.79 Å². The van der Waals surface area contributed by atoms with Crippen LogP contribution in [0.2, 0.25) is 0 Å². The molecule has 8 nitrogen and oxygen atoms in total. The van der Waals surface area contributed by atoms with Gasteiger partial charge in [0.1, 0.15) is 16.5 Å². The normalized spacial score (nSPS) is 10.2. The smallest absolute Gasteiger partial charge is 0.341 e. The molecule has 0 fully saturated rings. The number of amides is 2. The van der Waals surface area contributed by atoms with Crippen molar-refractivity contribution in [1.82, 2.24) is 0 Å². The van der Waals surface area contributed by atoms with E-state index in [4.69, 9.17) is 14.2 Å². The largest absolute Gasteiger partial charge is 0.497 e. The number of carbonyl (C=O) groups is 3. The lowest BCUT2D eigenvalue weighted by Gasteiger charge is -2.07. The van der Waals surface area contributed by atoms with E-state index in [-0.39, 0.29) is 22.0 Å². The molecule has 0 spiro atoms. The van der Waals surface area contributed by atoms with Gasteiger partial charge in [-0.05, 0) is 48.9 Å². The first-order chi connectivity index (χ1) is 15.4. The van der Waals surface area contributed by atoms with Gasteiger partial charge in [-0.15, -0.1) is 11.3 Å². The molecule has 2 N–H and O–H groups in total. The number of nitrogens with one attached hydrogen (secondary N) is 2. The van der Waals surface area contributed by atoms with Crippen LogP contribution in [-0.4, -0.2) is 38.6 Å². The number of esters is 1. The van der Waals surface area contributed by atoms with Crippen LogP contribution in [0.3, 0.4) is 0 Å². The Morgan fingerprint density at radius 1 is 0.906 bits per heavy atom. The van der Waals surface area contributed by atoms with Crippen LogP contribution in [-0.2, 0) is 9.53 Å². The highest BCUT2D eigenvalue weighted by Gasteiger charge is 2.26. The Labute approximate surface area is 189 Å². The second-order valence-electron chi connectivity index (χ2n) is 6.58. The van der Waals surface area contributed by atoms with E-state index in [1.807, 2.05) is 6.07 Å². The Balaban J connectivity index is 1.78. The van der Waals surface area contributed by atoms with Gasteiger partial charge < -0.3 is 24.8 Å². The molecule has 0 aliphatic carbocycles. The number of carbonyl (C=O) groups excluding carboxylic acids is 3. The van der Waals surface area contributed by atoms with E-state index in [1.54, 1.807) is 62.6 Å². The van der Waals surface area contributed by atoms with E-state index in [1.165, 1.54) is 7.11 Å². The maximum absolute atomic E-state index is 12.8. The third-order valence-electron chi connectivity index (χ3n) is 4.46. The van der Waals surface area contributed by atoms with Gasteiger partial charge in [-0.2, -0.15) is 0 Å². The number of anilines is 2. The molecule has 9 heteroatoms. The number of ether oxygens (including phenoxy) is 3. The molecule has 0 saturated carbocycles. The average molecular weight is 455 g/mol. The van der Waals surface area contributed by atoms with Crippen molar-refractivity contribution >= 4 is 39.8 Å². The molecule has 0 aliphatic heterocycles. The monoisotopic (exact) mass is 454 g/mol. The fourth-order valence-corrected chi connectivity index (χ4v) is 3.96. The van der Waals surface area contributed by atoms with Gasteiger partial charge in [0.15, 0.2) is 6.61 Å². The van der Waals surface area contributed by atoms with Crippen LogP contribution in [0, 0.1) is 6.92 Å². The lowest BCUT2D eigenvalue weighted by atomic mass is 10.1. The summed E-state index contributed by atoms with van der Waals surface area (Å²) < 4.78 is 15.4. The molecule has 0 aliphatic rings. The van der Waals surface area contributed by atoms with Crippen molar-refractivity contribution in [2.45, 2.75) is 6.92 Å². The van der Waals surface area contributed by atoms with Crippen molar-refractivity contribution in [3.63, 3.8) is 0 Å². The molecule has 0 saturated heterocycles. The molecule has 1 aromatic heterocycles. The van der Waals surface area contributed by atoms with Crippen LogP contribution in [0.5, 0.6) is 11.5 Å². The quantitative estimate of drug-likeness (QED) is 0.497. The SMILES string of the molecule is COC(=O)c1c(NC(=O)COc2ccccc2)sc(C(=O)Nc2ccc(OC)cc2)c1C. The molecule has 3 aromatic rings. The second kappa shape index (κ2) is 10.5. The number of para-hydroxylation sites is 1. The predicted molar refractivity (Wildman–Crippen MR) is 122 cm³/mol. The summed E-state index contributed by atoms with van der Waals surface area (Å²) in [4.78, 5) is 37.9. The van der Waals surface area contributed by atoms with Crippen molar-refractivity contribution in [3.05, 3.63) is 70.6 Å². The molecule has 1 heterocycles. The molecule has 32 heavy (non-hydrogen) atoms. The van der Waals surface area contributed by atoms with Crippen LogP contribution in [0.1, 0.15) is 25.6 Å². The molecule has 0 radical (unpaired) electrons. The van der Waals surface area contributed by atoms with Gasteiger partial charge in [0, 0.05) is 5.69 Å². The maximum Gasteiger partial charge on any atom is 0.341 e. The molecular weight excluding hydrogens is 432 g/mol. The second-order valence-corrected chi connectivity index (χ2v) is 7.61. The number of hydrogen-bond donors (Lipinski definition) is 2. The summed E-state index contributed by atoms with van der Waals surface area (Å²) >= 11 is 0.990. The third kappa shape index (κ3) is 5.44. The first kappa shape index (κ1) is 22.8. The number of methoxy groups -OCH3 is 2.